The molecule has 2 aromatic carbocycles. The standard InChI is InChI=1S/C28H38N6O7S/c1-4-16(2)24-28(38)31-21(7-5-6-12-29)27(37)32-22-13-17(25(30)35)8-9-18(22)15-41-23-11-10-19(34-42(3,39)40)14-20(23)26(36)33-24/h8-11,13-14,16,21,24,34H,4-7,12,15,29H2,1-3H3,(H2,30,35)(H,31,38)(H,32,37)(H,33,36)/t16-,21-,24-/m0/s1. The summed E-state index contributed by atoms with van der Waals surface area (Å²) in [6.07, 6.45) is 2.97. The Bertz CT molecular complexity index is 1450. The summed E-state index contributed by atoms with van der Waals surface area (Å²) >= 11 is 0. The van der Waals surface area contributed by atoms with E-state index >= 15 is 0 Å². The highest BCUT2D eigenvalue weighted by Gasteiger charge is 2.31. The number of nitrogens with one attached hydrogen (secondary N) is 4. The van der Waals surface area contributed by atoms with Gasteiger partial charge in [-0.25, -0.2) is 8.42 Å². The average molecular weight is 603 g/mol. The number of fused-ring (bicyclic) bond motifs is 2. The zero-order valence-corrected chi connectivity index (χ0v) is 24.7. The third kappa shape index (κ3) is 8.66. The van der Waals surface area contributed by atoms with E-state index in [1.54, 1.807) is 13.0 Å². The van der Waals surface area contributed by atoms with E-state index in [0.717, 1.165) is 6.26 Å². The van der Waals surface area contributed by atoms with E-state index in [1.807, 2.05) is 6.92 Å². The van der Waals surface area contributed by atoms with Crippen LogP contribution in [0.25, 0.3) is 0 Å². The molecule has 0 saturated heterocycles. The molecule has 1 aliphatic rings. The van der Waals surface area contributed by atoms with Gasteiger partial charge in [0, 0.05) is 22.5 Å². The van der Waals surface area contributed by atoms with Crippen molar-refractivity contribution in [3.8, 4) is 5.75 Å². The van der Waals surface area contributed by atoms with Crippen molar-refractivity contribution >= 4 is 45.0 Å². The van der Waals surface area contributed by atoms with Gasteiger partial charge in [0.25, 0.3) is 5.91 Å². The van der Waals surface area contributed by atoms with Crippen LogP contribution in [0.5, 0.6) is 5.75 Å². The van der Waals surface area contributed by atoms with Gasteiger partial charge in [-0.05, 0) is 62.1 Å². The molecule has 3 rings (SSSR count). The predicted molar refractivity (Wildman–Crippen MR) is 158 cm³/mol. The molecule has 1 heterocycles. The molecule has 1 aliphatic heterocycles. The van der Waals surface area contributed by atoms with Crippen LogP contribution in [0.3, 0.4) is 0 Å². The molecule has 0 unspecified atom stereocenters. The largest absolute Gasteiger partial charge is 0.488 e. The summed E-state index contributed by atoms with van der Waals surface area (Å²) in [4.78, 5) is 52.5. The quantitative estimate of drug-likeness (QED) is 0.231. The monoisotopic (exact) mass is 602 g/mol. The Balaban J connectivity index is 2.14. The van der Waals surface area contributed by atoms with Crippen LogP contribution in [-0.2, 0) is 26.2 Å². The molecule has 2 aromatic rings. The van der Waals surface area contributed by atoms with Crippen molar-refractivity contribution in [2.45, 2.75) is 58.2 Å². The van der Waals surface area contributed by atoms with Gasteiger partial charge in [0.1, 0.15) is 24.4 Å². The normalized spacial score (nSPS) is 18.6. The number of benzene rings is 2. The lowest BCUT2D eigenvalue weighted by Crippen LogP contribution is -2.55. The first kappa shape index (κ1) is 32.3. The van der Waals surface area contributed by atoms with Crippen LogP contribution in [0.2, 0.25) is 0 Å². The van der Waals surface area contributed by atoms with E-state index in [4.69, 9.17) is 16.2 Å². The molecule has 8 N–H and O–H groups in total. The minimum absolute atomic E-state index is 0.0133. The number of hydrogen-bond donors (Lipinski definition) is 6. The Hall–Kier alpha value is -4.17. The third-order valence-corrected chi connectivity index (χ3v) is 7.53. The summed E-state index contributed by atoms with van der Waals surface area (Å²) in [5.74, 6) is -2.69. The minimum Gasteiger partial charge on any atom is -0.488 e. The maximum Gasteiger partial charge on any atom is 0.255 e. The number of ether oxygens (including phenoxy) is 1. The van der Waals surface area contributed by atoms with Gasteiger partial charge in [-0.3, -0.25) is 23.9 Å². The van der Waals surface area contributed by atoms with Gasteiger partial charge < -0.3 is 32.2 Å². The molecule has 4 amide bonds. The molecule has 0 bridgehead atoms. The van der Waals surface area contributed by atoms with Crippen molar-refractivity contribution in [2.75, 3.05) is 22.8 Å². The number of nitrogens with two attached hydrogens (primary N) is 2. The highest BCUT2D eigenvalue weighted by atomic mass is 32.2. The Morgan fingerprint density at radius 1 is 1.10 bits per heavy atom. The molecule has 0 radical (unpaired) electrons. The lowest BCUT2D eigenvalue weighted by molar-refractivity contribution is -0.128. The van der Waals surface area contributed by atoms with Gasteiger partial charge in [-0.1, -0.05) is 26.3 Å². The zero-order valence-electron chi connectivity index (χ0n) is 23.9. The molecule has 228 valence electrons. The smallest absolute Gasteiger partial charge is 0.255 e. The fraction of sp³-hybridized carbons (Fsp3) is 0.429. The van der Waals surface area contributed by atoms with Crippen LogP contribution >= 0.6 is 0 Å². The number of sulfonamides is 1. The van der Waals surface area contributed by atoms with E-state index < -0.39 is 45.7 Å². The lowest BCUT2D eigenvalue weighted by atomic mass is 9.96. The van der Waals surface area contributed by atoms with Crippen molar-refractivity contribution < 1.29 is 32.3 Å². The second-order valence-electron chi connectivity index (χ2n) is 10.3. The molecule has 14 heteroatoms. The number of primary amides is 1. The second-order valence-corrected chi connectivity index (χ2v) is 12.0. The molecule has 0 spiro atoms. The van der Waals surface area contributed by atoms with Crippen LogP contribution in [0, 0.1) is 5.92 Å². The van der Waals surface area contributed by atoms with Crippen LogP contribution in [-0.4, -0.2) is 56.9 Å². The summed E-state index contributed by atoms with van der Waals surface area (Å²) < 4.78 is 32.0. The zero-order chi connectivity index (χ0) is 31.0. The van der Waals surface area contributed by atoms with Crippen molar-refractivity contribution in [1.29, 1.82) is 0 Å². The average Bonchev–Trinajstić information content (AvgIpc) is 2.93. The Labute approximate surface area is 245 Å². The molecular formula is C28H38N6O7S. The van der Waals surface area contributed by atoms with E-state index in [0.29, 0.717) is 31.4 Å². The minimum atomic E-state index is -3.65. The molecule has 0 fully saturated rings. The van der Waals surface area contributed by atoms with E-state index in [-0.39, 0.29) is 47.2 Å². The first-order valence-corrected chi connectivity index (χ1v) is 15.5. The van der Waals surface area contributed by atoms with Crippen LogP contribution in [0.15, 0.2) is 36.4 Å². The first-order chi connectivity index (χ1) is 19.8. The molecule has 0 aromatic heterocycles. The van der Waals surface area contributed by atoms with Gasteiger partial charge in [-0.15, -0.1) is 0 Å². The van der Waals surface area contributed by atoms with Gasteiger partial charge in [0.2, 0.25) is 27.7 Å². The van der Waals surface area contributed by atoms with Crippen molar-refractivity contribution in [3.05, 3.63) is 53.1 Å². The number of rotatable bonds is 9. The number of amides is 4. The third-order valence-electron chi connectivity index (χ3n) is 6.92. The number of anilines is 2. The molecule has 0 aliphatic carbocycles. The van der Waals surface area contributed by atoms with Gasteiger partial charge in [0.15, 0.2) is 0 Å². The van der Waals surface area contributed by atoms with Crippen molar-refractivity contribution in [1.82, 2.24) is 10.6 Å². The Morgan fingerprint density at radius 2 is 1.83 bits per heavy atom. The predicted octanol–water partition coefficient (Wildman–Crippen LogP) is 1.45. The van der Waals surface area contributed by atoms with Crippen LogP contribution < -0.4 is 36.9 Å². The summed E-state index contributed by atoms with van der Waals surface area (Å²) in [5.41, 5.74) is 12.1. The number of carbonyl (C=O) groups is 4. The molecule has 3 atom stereocenters. The number of carbonyl (C=O) groups excluding carboxylic acids is 4. The fourth-order valence-electron chi connectivity index (χ4n) is 4.40. The van der Waals surface area contributed by atoms with Gasteiger partial charge in [-0.2, -0.15) is 0 Å². The Morgan fingerprint density at radius 3 is 2.48 bits per heavy atom. The topological polar surface area (TPSA) is 212 Å². The van der Waals surface area contributed by atoms with Crippen LogP contribution in [0.1, 0.15) is 65.8 Å². The highest BCUT2D eigenvalue weighted by molar-refractivity contribution is 7.92. The molecular weight excluding hydrogens is 564 g/mol. The lowest BCUT2D eigenvalue weighted by Gasteiger charge is -2.27. The van der Waals surface area contributed by atoms with Crippen molar-refractivity contribution in [2.24, 2.45) is 17.4 Å². The number of unbranched alkanes of at least 4 members (excludes halogenated alkanes) is 1. The molecule has 0 saturated carbocycles. The van der Waals surface area contributed by atoms with Gasteiger partial charge >= 0.3 is 0 Å². The maximum absolute atomic E-state index is 13.6. The SMILES string of the molecule is CC[C@H](C)[C@@H]1NC(=O)c2cc(NS(C)(=O)=O)ccc2OCc2ccc(C(N)=O)cc2NC(=O)[C@H](CCCCN)NC1=O. The van der Waals surface area contributed by atoms with Gasteiger partial charge in [0.05, 0.1) is 11.8 Å². The second kappa shape index (κ2) is 14.1. The van der Waals surface area contributed by atoms with Crippen molar-refractivity contribution in [3.63, 3.8) is 0 Å². The maximum atomic E-state index is 13.6. The van der Waals surface area contributed by atoms with E-state index in [1.165, 1.54) is 30.3 Å². The highest BCUT2D eigenvalue weighted by Crippen LogP contribution is 2.27. The number of hydrogen-bond acceptors (Lipinski definition) is 8. The molecule has 13 nitrogen and oxygen atoms in total. The summed E-state index contributed by atoms with van der Waals surface area (Å²) in [6, 6.07) is 6.63. The summed E-state index contributed by atoms with van der Waals surface area (Å²) in [5, 5.41) is 8.32. The molecule has 42 heavy (non-hydrogen) atoms. The van der Waals surface area contributed by atoms with Crippen LogP contribution in [0.4, 0.5) is 11.4 Å². The summed E-state index contributed by atoms with van der Waals surface area (Å²) in [7, 11) is -3.65. The first-order valence-electron chi connectivity index (χ1n) is 13.6. The Kier molecular flexibility index (Phi) is 10.9. The van der Waals surface area contributed by atoms with E-state index in [9.17, 15) is 27.6 Å². The van der Waals surface area contributed by atoms with E-state index in [2.05, 4.69) is 20.7 Å². The summed E-state index contributed by atoms with van der Waals surface area (Å²) in [6.45, 7) is 3.93. The fourth-order valence-corrected chi connectivity index (χ4v) is 4.96.